The van der Waals surface area contributed by atoms with Crippen molar-refractivity contribution in [1.82, 2.24) is 0 Å². The van der Waals surface area contributed by atoms with Crippen LogP contribution in [-0.2, 0) is 0 Å². The monoisotopic (exact) mass is 162 g/mol. The Bertz CT molecular complexity index is 33.4. The van der Waals surface area contributed by atoms with Crippen LogP contribution in [0.3, 0.4) is 0 Å². The molecule has 0 N–H and O–H groups in total. The molecule has 0 rings (SSSR count). The summed E-state index contributed by atoms with van der Waals surface area (Å²) in [5.41, 5.74) is 0. The molecule has 44 valence electrons. The van der Waals surface area contributed by atoms with Gasteiger partial charge in [0.05, 0.1) is 0 Å². The van der Waals surface area contributed by atoms with Gasteiger partial charge in [-0.05, 0) is 0 Å². The summed E-state index contributed by atoms with van der Waals surface area (Å²) < 4.78 is 2.12. The molecule has 0 fully saturated rings. The van der Waals surface area contributed by atoms with Gasteiger partial charge in [-0.2, -0.15) is 0 Å². The van der Waals surface area contributed by atoms with Crippen LogP contribution in [0.4, 0.5) is 0 Å². The van der Waals surface area contributed by atoms with Crippen LogP contribution in [0.15, 0.2) is 0 Å². The fraction of sp³-hybridized carbons (Fsp3) is 1.00. The molecule has 0 aliphatic heterocycles. The molecule has 0 nitrogen and oxygen atoms in total. The van der Waals surface area contributed by atoms with Crippen LogP contribution in [0, 0.1) is 0 Å². The van der Waals surface area contributed by atoms with Gasteiger partial charge in [-0.25, -0.2) is 0 Å². The maximum absolute atomic E-state index is 2.35. The van der Waals surface area contributed by atoms with E-state index in [1.54, 1.807) is 0 Å². The van der Waals surface area contributed by atoms with Crippen molar-refractivity contribution < 1.29 is 0 Å². The summed E-state index contributed by atoms with van der Waals surface area (Å²) in [7, 11) is 0. The Hall–Kier alpha value is 0.543. The van der Waals surface area contributed by atoms with Crippen LogP contribution in [0.2, 0.25) is 9.50 Å². The van der Waals surface area contributed by atoms with Crippen LogP contribution < -0.4 is 0 Å². The molecular formula is C6H16Ge. The molecule has 7 heavy (non-hydrogen) atoms. The number of hydrogen-bond donors (Lipinski definition) is 0. The second-order valence-electron chi connectivity index (χ2n) is 3.02. The van der Waals surface area contributed by atoms with Gasteiger partial charge in [0.2, 0.25) is 0 Å². The van der Waals surface area contributed by atoms with Crippen molar-refractivity contribution in [3.8, 4) is 0 Å². The molecule has 0 heterocycles. The average molecular weight is 161 g/mol. The third kappa shape index (κ3) is 6.54. The SMILES string of the molecule is C[CH](C)[GeH2][CH](C)C. The molecule has 0 atom stereocenters. The summed E-state index contributed by atoms with van der Waals surface area (Å²) in [6.45, 7) is 9.39. The molecule has 0 saturated carbocycles. The molecule has 0 aliphatic carbocycles. The van der Waals surface area contributed by atoms with E-state index in [0.717, 1.165) is 9.50 Å². The number of rotatable bonds is 2. The molecule has 0 aromatic rings. The minimum atomic E-state index is -0.0972. The molecule has 0 aromatic heterocycles. The normalized spacial score (nSPS) is 11.1. The van der Waals surface area contributed by atoms with Gasteiger partial charge >= 0.3 is 52.6 Å². The summed E-state index contributed by atoms with van der Waals surface area (Å²) in [6, 6.07) is 0. The van der Waals surface area contributed by atoms with Crippen molar-refractivity contribution in [3.05, 3.63) is 0 Å². The van der Waals surface area contributed by atoms with Gasteiger partial charge in [0.15, 0.2) is 0 Å². The molecular weight excluding hydrogens is 145 g/mol. The molecule has 0 spiro atoms. The zero-order chi connectivity index (χ0) is 5.86. The van der Waals surface area contributed by atoms with E-state index in [4.69, 9.17) is 0 Å². The quantitative estimate of drug-likeness (QED) is 0.541. The summed E-state index contributed by atoms with van der Waals surface area (Å²) in [5, 5.41) is 0. The minimum absolute atomic E-state index is 0.0972. The molecule has 0 bridgehead atoms. The summed E-state index contributed by atoms with van der Waals surface area (Å²) in [6.07, 6.45) is 0. The first-order valence-corrected chi connectivity index (χ1v) is 6.55. The Morgan fingerprint density at radius 2 is 1.14 bits per heavy atom. The van der Waals surface area contributed by atoms with Gasteiger partial charge in [0, 0.05) is 0 Å². The first-order valence-electron chi connectivity index (χ1n) is 3.13. The van der Waals surface area contributed by atoms with Crippen LogP contribution in [0.5, 0.6) is 0 Å². The Balaban J connectivity index is 2.95. The van der Waals surface area contributed by atoms with E-state index in [9.17, 15) is 0 Å². The number of hydrogen-bond acceptors (Lipinski definition) is 0. The van der Waals surface area contributed by atoms with Crippen molar-refractivity contribution in [2.45, 2.75) is 37.2 Å². The average Bonchev–Trinajstić information content (AvgIpc) is 1.27. The molecule has 0 amide bonds. The van der Waals surface area contributed by atoms with E-state index < -0.39 is 0 Å². The molecule has 0 unspecified atom stereocenters. The predicted octanol–water partition coefficient (Wildman–Crippen LogP) is 1.81. The Morgan fingerprint density at radius 1 is 0.857 bits per heavy atom. The molecule has 1 heteroatoms. The standard InChI is InChI=1S/C6H16Ge/c1-5(2)7-6(3)4/h5-6H,7H2,1-4H3. The van der Waals surface area contributed by atoms with E-state index >= 15 is 0 Å². The molecule has 0 aromatic carbocycles. The van der Waals surface area contributed by atoms with Crippen LogP contribution in [-0.4, -0.2) is 15.4 Å². The van der Waals surface area contributed by atoms with E-state index in [-0.39, 0.29) is 15.4 Å². The van der Waals surface area contributed by atoms with Gasteiger partial charge in [-0.1, -0.05) is 0 Å². The summed E-state index contributed by atoms with van der Waals surface area (Å²) in [4.78, 5) is 0. The van der Waals surface area contributed by atoms with E-state index in [1.807, 2.05) is 0 Å². The van der Waals surface area contributed by atoms with Crippen LogP contribution >= 0.6 is 0 Å². The van der Waals surface area contributed by atoms with E-state index in [2.05, 4.69) is 27.7 Å². The Labute approximate surface area is 53.2 Å². The van der Waals surface area contributed by atoms with Crippen molar-refractivity contribution in [3.63, 3.8) is 0 Å². The van der Waals surface area contributed by atoms with Gasteiger partial charge < -0.3 is 0 Å². The van der Waals surface area contributed by atoms with E-state index in [1.165, 1.54) is 0 Å². The van der Waals surface area contributed by atoms with Crippen LogP contribution in [0.1, 0.15) is 27.7 Å². The third-order valence-corrected chi connectivity index (χ3v) is 4.90. The molecule has 0 saturated heterocycles. The van der Waals surface area contributed by atoms with Crippen molar-refractivity contribution in [2.24, 2.45) is 0 Å². The van der Waals surface area contributed by atoms with Crippen molar-refractivity contribution in [1.29, 1.82) is 0 Å². The van der Waals surface area contributed by atoms with Gasteiger partial charge in [-0.15, -0.1) is 0 Å². The van der Waals surface area contributed by atoms with Gasteiger partial charge in [0.1, 0.15) is 0 Å². The van der Waals surface area contributed by atoms with Crippen LogP contribution in [0.25, 0.3) is 0 Å². The fourth-order valence-corrected chi connectivity index (χ4v) is 4.90. The van der Waals surface area contributed by atoms with Crippen molar-refractivity contribution in [2.75, 3.05) is 0 Å². The maximum atomic E-state index is 2.35. The third-order valence-electron chi connectivity index (χ3n) is 0.943. The first-order chi connectivity index (χ1) is 3.13. The first kappa shape index (κ1) is 7.54. The second-order valence-corrected chi connectivity index (χ2v) is 10.9. The summed E-state index contributed by atoms with van der Waals surface area (Å²) in [5.74, 6) is 0. The molecule has 0 radical (unpaired) electrons. The Kier molecular flexibility index (Phi) is 3.81. The zero-order valence-electron chi connectivity index (χ0n) is 5.86. The van der Waals surface area contributed by atoms with Gasteiger partial charge in [-0.3, -0.25) is 0 Å². The molecule has 0 aliphatic rings. The van der Waals surface area contributed by atoms with Gasteiger partial charge in [0.25, 0.3) is 0 Å². The fourth-order valence-electron chi connectivity index (χ4n) is 0.943. The van der Waals surface area contributed by atoms with Crippen molar-refractivity contribution >= 4 is 15.4 Å². The Morgan fingerprint density at radius 3 is 1.14 bits per heavy atom. The zero-order valence-corrected chi connectivity index (χ0v) is 8.83. The predicted molar refractivity (Wildman–Crippen MR) is 38.7 cm³/mol. The second kappa shape index (κ2) is 3.53. The summed E-state index contributed by atoms with van der Waals surface area (Å²) >= 11 is -0.0972. The van der Waals surface area contributed by atoms with E-state index in [0.29, 0.717) is 0 Å². The topological polar surface area (TPSA) is 0 Å².